The van der Waals surface area contributed by atoms with Crippen LogP contribution in [0.3, 0.4) is 0 Å². The Kier molecular flexibility index (Phi) is 8.71. The van der Waals surface area contributed by atoms with Crippen LogP contribution >= 0.6 is 0 Å². The van der Waals surface area contributed by atoms with Crippen molar-refractivity contribution >= 4 is 23.3 Å². The van der Waals surface area contributed by atoms with E-state index in [1.165, 1.54) is 6.92 Å². The molecule has 1 unspecified atom stereocenters. The highest BCUT2D eigenvalue weighted by Crippen LogP contribution is 2.11. The molecule has 1 aromatic carbocycles. The standard InChI is InChI=1S/C18H26N2O4/c1-3-4-5-6-11-19-16(18(23)24)12-17(22)20-15-9-7-14(8-10-15)13(2)21/h7-10,16,19H,3-6,11-12H2,1-2H3,(H,20,22)(H,23,24). The second kappa shape index (κ2) is 10.5. The highest BCUT2D eigenvalue weighted by Gasteiger charge is 2.20. The molecule has 0 aliphatic carbocycles. The van der Waals surface area contributed by atoms with Crippen LogP contribution in [0, 0.1) is 0 Å². The number of benzene rings is 1. The number of carboxylic acid groups (broad SMARTS) is 1. The fraction of sp³-hybridized carbons (Fsp3) is 0.500. The predicted molar refractivity (Wildman–Crippen MR) is 93.3 cm³/mol. The van der Waals surface area contributed by atoms with Crippen molar-refractivity contribution < 1.29 is 19.5 Å². The number of nitrogens with one attached hydrogen (secondary N) is 2. The molecule has 0 fully saturated rings. The van der Waals surface area contributed by atoms with Gasteiger partial charge in [0.25, 0.3) is 0 Å². The quantitative estimate of drug-likeness (QED) is 0.427. The molecule has 3 N–H and O–H groups in total. The van der Waals surface area contributed by atoms with Gasteiger partial charge in [-0.25, -0.2) is 0 Å². The lowest BCUT2D eigenvalue weighted by Gasteiger charge is -2.14. The molecule has 24 heavy (non-hydrogen) atoms. The second-order valence-corrected chi connectivity index (χ2v) is 5.79. The average Bonchev–Trinajstić information content (AvgIpc) is 2.53. The molecule has 1 atom stereocenters. The zero-order chi connectivity index (χ0) is 17.9. The zero-order valence-electron chi connectivity index (χ0n) is 14.3. The summed E-state index contributed by atoms with van der Waals surface area (Å²) in [6, 6.07) is 5.60. The fourth-order valence-electron chi connectivity index (χ4n) is 2.26. The van der Waals surface area contributed by atoms with Crippen molar-refractivity contribution in [2.45, 2.75) is 52.0 Å². The van der Waals surface area contributed by atoms with Gasteiger partial charge in [-0.15, -0.1) is 0 Å². The first kappa shape index (κ1) is 19.8. The number of carbonyl (C=O) groups excluding carboxylic acids is 2. The van der Waals surface area contributed by atoms with E-state index in [9.17, 15) is 19.5 Å². The number of carbonyl (C=O) groups is 3. The minimum Gasteiger partial charge on any atom is -0.480 e. The van der Waals surface area contributed by atoms with E-state index in [-0.39, 0.29) is 18.1 Å². The third-order valence-corrected chi connectivity index (χ3v) is 3.68. The molecule has 0 saturated carbocycles. The van der Waals surface area contributed by atoms with Gasteiger partial charge in [0, 0.05) is 11.3 Å². The number of aliphatic carboxylic acids is 1. The monoisotopic (exact) mass is 334 g/mol. The predicted octanol–water partition coefficient (Wildman–Crippen LogP) is 2.84. The van der Waals surface area contributed by atoms with E-state index < -0.39 is 12.0 Å². The molecular weight excluding hydrogens is 308 g/mol. The molecule has 0 spiro atoms. The summed E-state index contributed by atoms with van der Waals surface area (Å²) >= 11 is 0. The van der Waals surface area contributed by atoms with E-state index in [1.54, 1.807) is 24.3 Å². The maximum atomic E-state index is 12.0. The smallest absolute Gasteiger partial charge is 0.321 e. The van der Waals surface area contributed by atoms with Crippen molar-refractivity contribution in [3.05, 3.63) is 29.8 Å². The Hall–Kier alpha value is -2.21. The van der Waals surface area contributed by atoms with E-state index in [4.69, 9.17) is 0 Å². The molecule has 0 bridgehead atoms. The van der Waals surface area contributed by atoms with E-state index in [1.807, 2.05) is 0 Å². The van der Waals surface area contributed by atoms with Gasteiger partial charge in [0.1, 0.15) is 6.04 Å². The summed E-state index contributed by atoms with van der Waals surface area (Å²) < 4.78 is 0. The lowest BCUT2D eigenvalue weighted by Crippen LogP contribution is -2.40. The first-order valence-electron chi connectivity index (χ1n) is 8.31. The third kappa shape index (κ3) is 7.37. The van der Waals surface area contributed by atoms with Crippen molar-refractivity contribution in [2.24, 2.45) is 0 Å². The summed E-state index contributed by atoms with van der Waals surface area (Å²) in [5.41, 5.74) is 1.10. The van der Waals surface area contributed by atoms with Crippen LogP contribution in [0.25, 0.3) is 0 Å². The van der Waals surface area contributed by atoms with Crippen LogP contribution in [0.5, 0.6) is 0 Å². The molecule has 0 aliphatic rings. The summed E-state index contributed by atoms with van der Waals surface area (Å²) in [5, 5.41) is 14.8. The highest BCUT2D eigenvalue weighted by atomic mass is 16.4. The van der Waals surface area contributed by atoms with Crippen LogP contribution in [-0.2, 0) is 9.59 Å². The Balaban J connectivity index is 2.46. The number of unbranched alkanes of at least 4 members (excludes halogenated alkanes) is 3. The fourth-order valence-corrected chi connectivity index (χ4v) is 2.26. The van der Waals surface area contributed by atoms with Gasteiger partial charge >= 0.3 is 5.97 Å². The van der Waals surface area contributed by atoms with Gasteiger partial charge in [0.2, 0.25) is 5.91 Å². The van der Waals surface area contributed by atoms with Crippen LogP contribution in [0.15, 0.2) is 24.3 Å². The summed E-state index contributed by atoms with van der Waals surface area (Å²) in [4.78, 5) is 34.5. The van der Waals surface area contributed by atoms with Gasteiger partial charge < -0.3 is 15.7 Å². The first-order valence-corrected chi connectivity index (χ1v) is 8.31. The van der Waals surface area contributed by atoms with Crippen molar-refractivity contribution in [3.63, 3.8) is 0 Å². The Labute approximate surface area is 142 Å². The Morgan fingerprint density at radius 3 is 2.29 bits per heavy atom. The van der Waals surface area contributed by atoms with Crippen LogP contribution in [0.1, 0.15) is 56.3 Å². The van der Waals surface area contributed by atoms with E-state index in [0.717, 1.165) is 25.7 Å². The molecule has 0 saturated heterocycles. The SMILES string of the molecule is CCCCCCNC(CC(=O)Nc1ccc(C(C)=O)cc1)C(=O)O. The van der Waals surface area contributed by atoms with Gasteiger partial charge in [0.15, 0.2) is 5.78 Å². The van der Waals surface area contributed by atoms with E-state index in [0.29, 0.717) is 17.8 Å². The number of Topliss-reactive ketones (excluding diaryl/α,β-unsaturated/α-hetero) is 1. The normalized spacial score (nSPS) is 11.8. The molecule has 0 heterocycles. The van der Waals surface area contributed by atoms with Gasteiger partial charge in [-0.3, -0.25) is 14.4 Å². The van der Waals surface area contributed by atoms with Crippen molar-refractivity contribution in [1.29, 1.82) is 0 Å². The highest BCUT2D eigenvalue weighted by molar-refractivity contribution is 5.96. The third-order valence-electron chi connectivity index (χ3n) is 3.68. The molecule has 1 aromatic rings. The largest absolute Gasteiger partial charge is 0.480 e. The van der Waals surface area contributed by atoms with E-state index >= 15 is 0 Å². The summed E-state index contributed by atoms with van der Waals surface area (Å²) in [5.74, 6) is -1.46. The number of anilines is 1. The number of rotatable bonds is 11. The Morgan fingerprint density at radius 2 is 1.75 bits per heavy atom. The van der Waals surface area contributed by atoms with Crippen LogP contribution < -0.4 is 10.6 Å². The van der Waals surface area contributed by atoms with E-state index in [2.05, 4.69) is 17.6 Å². The molecule has 6 nitrogen and oxygen atoms in total. The zero-order valence-corrected chi connectivity index (χ0v) is 14.3. The minimum atomic E-state index is -1.03. The van der Waals surface area contributed by atoms with Crippen molar-refractivity contribution in [3.8, 4) is 0 Å². The molecule has 0 radical (unpaired) electrons. The molecule has 132 valence electrons. The summed E-state index contributed by atoms with van der Waals surface area (Å²) in [6.07, 6.45) is 4.04. The van der Waals surface area contributed by atoms with Crippen LogP contribution in [0.4, 0.5) is 5.69 Å². The van der Waals surface area contributed by atoms with Gasteiger partial charge in [0.05, 0.1) is 6.42 Å². The molecule has 1 amide bonds. The molecular formula is C18H26N2O4. The molecule has 0 aromatic heterocycles. The summed E-state index contributed by atoms with van der Waals surface area (Å²) in [6.45, 7) is 4.16. The van der Waals surface area contributed by atoms with Crippen LogP contribution in [-0.4, -0.2) is 35.4 Å². The number of hydrogen-bond donors (Lipinski definition) is 3. The van der Waals surface area contributed by atoms with Crippen LogP contribution in [0.2, 0.25) is 0 Å². The average molecular weight is 334 g/mol. The lowest BCUT2D eigenvalue weighted by molar-refractivity contribution is -0.141. The maximum absolute atomic E-state index is 12.0. The number of hydrogen-bond acceptors (Lipinski definition) is 4. The molecule has 0 aliphatic heterocycles. The number of ketones is 1. The van der Waals surface area contributed by atoms with Crippen molar-refractivity contribution in [1.82, 2.24) is 5.32 Å². The molecule has 6 heteroatoms. The van der Waals surface area contributed by atoms with Gasteiger partial charge in [-0.05, 0) is 44.2 Å². The molecule has 1 rings (SSSR count). The number of amides is 1. The van der Waals surface area contributed by atoms with Crippen molar-refractivity contribution in [2.75, 3.05) is 11.9 Å². The topological polar surface area (TPSA) is 95.5 Å². The first-order chi connectivity index (χ1) is 11.4. The number of carboxylic acids is 1. The maximum Gasteiger partial charge on any atom is 0.321 e. The minimum absolute atomic E-state index is 0.0499. The van der Waals surface area contributed by atoms with Gasteiger partial charge in [-0.2, -0.15) is 0 Å². The van der Waals surface area contributed by atoms with Gasteiger partial charge in [-0.1, -0.05) is 26.2 Å². The Morgan fingerprint density at radius 1 is 1.08 bits per heavy atom. The second-order valence-electron chi connectivity index (χ2n) is 5.79. The lowest BCUT2D eigenvalue weighted by atomic mass is 10.1. The Bertz CT molecular complexity index is 555. The summed E-state index contributed by atoms with van der Waals surface area (Å²) in [7, 11) is 0.